The van der Waals surface area contributed by atoms with E-state index in [2.05, 4.69) is 10.0 Å². The Balaban J connectivity index is 2.95. The molecule has 0 atom stereocenters. The highest BCUT2D eigenvalue weighted by Gasteiger charge is 2.15. The number of sulfonamides is 1. The molecule has 0 radical (unpaired) electrons. The molecule has 0 aromatic heterocycles. The molecule has 0 fully saturated rings. The Hall–Kier alpha value is -1.93. The van der Waals surface area contributed by atoms with E-state index < -0.39 is 16.0 Å². The van der Waals surface area contributed by atoms with Crippen molar-refractivity contribution in [1.29, 1.82) is 0 Å². The Morgan fingerprint density at radius 1 is 1.30 bits per heavy atom. The minimum absolute atomic E-state index is 0.0303. The van der Waals surface area contributed by atoms with Crippen LogP contribution >= 0.6 is 0 Å². The van der Waals surface area contributed by atoms with Crippen LogP contribution in [-0.2, 0) is 19.6 Å². The number of nitrogens with one attached hydrogen (secondary N) is 2. The van der Waals surface area contributed by atoms with Crippen LogP contribution in [-0.4, -0.2) is 31.9 Å². The van der Waals surface area contributed by atoms with E-state index in [1.807, 2.05) is 0 Å². The summed E-state index contributed by atoms with van der Waals surface area (Å²) in [6, 6.07) is 4.29. The highest BCUT2D eigenvalue weighted by Crippen LogP contribution is 2.20. The van der Waals surface area contributed by atoms with Crippen LogP contribution in [0.4, 0.5) is 5.69 Å². The molecule has 1 rings (SSSR count). The Morgan fingerprint density at radius 2 is 1.95 bits per heavy atom. The number of aryl methyl sites for hydroxylation is 1. The van der Waals surface area contributed by atoms with E-state index in [1.54, 1.807) is 13.0 Å². The fraction of sp³-hybridized carbons (Fsp3) is 0.333. The van der Waals surface area contributed by atoms with Gasteiger partial charge in [-0.3, -0.25) is 9.59 Å². The van der Waals surface area contributed by atoms with Crippen molar-refractivity contribution in [1.82, 2.24) is 4.72 Å². The number of aliphatic carboxylic acids is 1. The average Bonchev–Trinajstić information content (AvgIpc) is 2.30. The summed E-state index contributed by atoms with van der Waals surface area (Å²) in [5, 5.41) is 11.0. The summed E-state index contributed by atoms with van der Waals surface area (Å²) in [6.45, 7) is 2.87. The Labute approximate surface area is 117 Å². The lowest BCUT2D eigenvalue weighted by Crippen LogP contribution is -2.26. The molecule has 8 heteroatoms. The van der Waals surface area contributed by atoms with Crippen molar-refractivity contribution in [3.8, 4) is 0 Å². The number of hydrogen-bond acceptors (Lipinski definition) is 4. The number of rotatable bonds is 6. The fourth-order valence-electron chi connectivity index (χ4n) is 1.47. The Kier molecular flexibility index (Phi) is 5.23. The SMILES string of the molecule is CC(=O)Nc1cc(S(=O)(=O)NCCC(=O)O)ccc1C. The van der Waals surface area contributed by atoms with E-state index >= 15 is 0 Å². The number of benzene rings is 1. The summed E-state index contributed by atoms with van der Waals surface area (Å²) in [6.07, 6.45) is -0.302. The van der Waals surface area contributed by atoms with Crippen molar-refractivity contribution < 1.29 is 23.1 Å². The summed E-state index contributed by atoms with van der Waals surface area (Å²) in [4.78, 5) is 21.4. The maximum atomic E-state index is 11.9. The molecule has 0 heterocycles. The first-order chi connectivity index (χ1) is 9.22. The molecular weight excluding hydrogens is 284 g/mol. The molecule has 0 aliphatic heterocycles. The molecule has 0 bridgehead atoms. The number of carboxylic acid groups (broad SMARTS) is 1. The van der Waals surface area contributed by atoms with Gasteiger partial charge in [-0.15, -0.1) is 0 Å². The molecular formula is C12H16N2O5S. The van der Waals surface area contributed by atoms with Gasteiger partial charge in [-0.05, 0) is 24.6 Å². The molecule has 0 spiro atoms. The lowest BCUT2D eigenvalue weighted by molar-refractivity contribution is -0.136. The topological polar surface area (TPSA) is 113 Å². The van der Waals surface area contributed by atoms with Crippen LogP contribution in [0.15, 0.2) is 23.1 Å². The average molecular weight is 300 g/mol. The molecule has 1 aromatic rings. The van der Waals surface area contributed by atoms with Crippen molar-refractivity contribution in [2.75, 3.05) is 11.9 Å². The fourth-order valence-corrected chi connectivity index (χ4v) is 2.53. The monoisotopic (exact) mass is 300 g/mol. The van der Waals surface area contributed by atoms with E-state index in [0.717, 1.165) is 5.56 Å². The summed E-state index contributed by atoms with van der Waals surface area (Å²) in [7, 11) is -3.80. The Morgan fingerprint density at radius 3 is 2.50 bits per heavy atom. The maximum Gasteiger partial charge on any atom is 0.304 e. The van der Waals surface area contributed by atoms with Gasteiger partial charge in [0.15, 0.2) is 0 Å². The molecule has 20 heavy (non-hydrogen) atoms. The number of carbonyl (C=O) groups excluding carboxylic acids is 1. The predicted molar refractivity (Wildman–Crippen MR) is 72.9 cm³/mol. The van der Waals surface area contributed by atoms with Crippen LogP contribution in [0.2, 0.25) is 0 Å². The first-order valence-corrected chi connectivity index (χ1v) is 7.30. The second-order valence-electron chi connectivity index (χ2n) is 4.20. The van der Waals surface area contributed by atoms with Gasteiger partial charge in [0.05, 0.1) is 11.3 Å². The first-order valence-electron chi connectivity index (χ1n) is 5.82. The molecule has 3 N–H and O–H groups in total. The van der Waals surface area contributed by atoms with Crippen LogP contribution < -0.4 is 10.0 Å². The molecule has 0 aliphatic carbocycles. The van der Waals surface area contributed by atoms with Crippen molar-refractivity contribution in [2.24, 2.45) is 0 Å². The van der Waals surface area contributed by atoms with E-state index in [4.69, 9.17) is 5.11 Å². The zero-order chi connectivity index (χ0) is 15.3. The highest BCUT2D eigenvalue weighted by molar-refractivity contribution is 7.89. The smallest absolute Gasteiger partial charge is 0.304 e. The van der Waals surface area contributed by atoms with Gasteiger partial charge < -0.3 is 10.4 Å². The largest absolute Gasteiger partial charge is 0.481 e. The number of carbonyl (C=O) groups is 2. The van der Waals surface area contributed by atoms with Gasteiger partial charge in [0.1, 0.15) is 0 Å². The molecule has 1 aromatic carbocycles. The van der Waals surface area contributed by atoms with Crippen molar-refractivity contribution in [3.05, 3.63) is 23.8 Å². The Bertz CT molecular complexity index is 625. The van der Waals surface area contributed by atoms with E-state index in [-0.39, 0.29) is 23.8 Å². The van der Waals surface area contributed by atoms with Crippen molar-refractivity contribution >= 4 is 27.6 Å². The van der Waals surface area contributed by atoms with E-state index in [1.165, 1.54) is 19.1 Å². The summed E-state index contributed by atoms with van der Waals surface area (Å²) < 4.78 is 26.1. The zero-order valence-corrected chi connectivity index (χ0v) is 12.0. The molecule has 0 saturated heterocycles. The molecule has 7 nitrogen and oxygen atoms in total. The molecule has 0 saturated carbocycles. The normalized spacial score (nSPS) is 11.1. The zero-order valence-electron chi connectivity index (χ0n) is 11.1. The van der Waals surface area contributed by atoms with Gasteiger partial charge in [0, 0.05) is 19.2 Å². The quantitative estimate of drug-likeness (QED) is 0.716. The molecule has 110 valence electrons. The van der Waals surface area contributed by atoms with E-state index in [9.17, 15) is 18.0 Å². The van der Waals surface area contributed by atoms with Gasteiger partial charge in [-0.25, -0.2) is 13.1 Å². The van der Waals surface area contributed by atoms with Crippen LogP contribution in [0.1, 0.15) is 18.9 Å². The van der Waals surface area contributed by atoms with Crippen molar-refractivity contribution in [3.63, 3.8) is 0 Å². The number of hydrogen-bond donors (Lipinski definition) is 3. The maximum absolute atomic E-state index is 11.9. The van der Waals surface area contributed by atoms with Gasteiger partial charge in [0.25, 0.3) is 0 Å². The van der Waals surface area contributed by atoms with Crippen molar-refractivity contribution in [2.45, 2.75) is 25.2 Å². The van der Waals surface area contributed by atoms with E-state index in [0.29, 0.717) is 5.69 Å². The minimum atomic E-state index is -3.80. The molecule has 0 aliphatic rings. The van der Waals surface area contributed by atoms with Crippen LogP contribution in [0.3, 0.4) is 0 Å². The number of carboxylic acids is 1. The predicted octanol–water partition coefficient (Wildman–Crippen LogP) is 0.706. The lowest BCUT2D eigenvalue weighted by atomic mass is 10.2. The molecule has 0 unspecified atom stereocenters. The first kappa shape index (κ1) is 16.1. The third-order valence-electron chi connectivity index (χ3n) is 2.46. The second kappa shape index (κ2) is 6.49. The van der Waals surface area contributed by atoms with Crippen LogP contribution in [0.25, 0.3) is 0 Å². The third kappa shape index (κ3) is 4.63. The van der Waals surface area contributed by atoms with Gasteiger partial charge in [-0.1, -0.05) is 6.07 Å². The lowest BCUT2D eigenvalue weighted by Gasteiger charge is -2.10. The summed E-state index contributed by atoms with van der Waals surface area (Å²) in [5.41, 5.74) is 1.13. The standard InChI is InChI=1S/C12H16N2O5S/c1-8-3-4-10(7-11(8)14-9(2)15)20(18,19)13-6-5-12(16)17/h3-4,7,13H,5-6H2,1-2H3,(H,14,15)(H,16,17). The summed E-state index contributed by atoms with van der Waals surface area (Å²) in [5.74, 6) is -1.39. The van der Waals surface area contributed by atoms with Gasteiger partial charge in [-0.2, -0.15) is 0 Å². The number of anilines is 1. The van der Waals surface area contributed by atoms with Gasteiger partial charge >= 0.3 is 5.97 Å². The summed E-state index contributed by atoms with van der Waals surface area (Å²) >= 11 is 0. The third-order valence-corrected chi connectivity index (χ3v) is 3.92. The van der Waals surface area contributed by atoms with Gasteiger partial charge in [0.2, 0.25) is 15.9 Å². The molecule has 1 amide bonds. The minimum Gasteiger partial charge on any atom is -0.481 e. The highest BCUT2D eigenvalue weighted by atomic mass is 32.2. The van der Waals surface area contributed by atoms with Crippen LogP contribution in [0.5, 0.6) is 0 Å². The van der Waals surface area contributed by atoms with Crippen LogP contribution in [0, 0.1) is 6.92 Å². The number of amides is 1. The second-order valence-corrected chi connectivity index (χ2v) is 5.97.